The molecule has 1 aliphatic rings. The quantitative estimate of drug-likeness (QED) is 0.857. The first-order chi connectivity index (χ1) is 9.29. The van der Waals surface area contributed by atoms with Gasteiger partial charge in [0, 0.05) is 31.5 Å². The Morgan fingerprint density at radius 2 is 2.21 bits per heavy atom. The molecule has 1 aliphatic heterocycles. The number of hydrogen-bond donors (Lipinski definition) is 1. The second kappa shape index (κ2) is 7.46. The molecule has 0 radical (unpaired) electrons. The lowest BCUT2D eigenvalue weighted by atomic mass is 10.0. The fraction of sp³-hybridized carbons (Fsp3) is 0.667. The van der Waals surface area contributed by atoms with Gasteiger partial charge in [0.05, 0.1) is 6.61 Å². The lowest BCUT2D eigenvalue weighted by Gasteiger charge is -2.21. The van der Waals surface area contributed by atoms with Crippen molar-refractivity contribution in [2.24, 2.45) is 5.92 Å². The minimum absolute atomic E-state index is 0.335. The zero-order valence-electron chi connectivity index (χ0n) is 11.9. The van der Waals surface area contributed by atoms with Gasteiger partial charge in [0.1, 0.15) is 0 Å². The van der Waals surface area contributed by atoms with Gasteiger partial charge in [-0.15, -0.1) is 0 Å². The van der Waals surface area contributed by atoms with Crippen LogP contribution in [0.15, 0.2) is 18.3 Å². The second-order valence-corrected chi connectivity index (χ2v) is 5.08. The van der Waals surface area contributed by atoms with Gasteiger partial charge in [-0.1, -0.05) is 13.0 Å². The van der Waals surface area contributed by atoms with E-state index in [0.717, 1.165) is 45.1 Å². The Kier molecular flexibility index (Phi) is 5.61. The third-order valence-electron chi connectivity index (χ3n) is 3.58. The fourth-order valence-corrected chi connectivity index (χ4v) is 2.27. The third-order valence-corrected chi connectivity index (χ3v) is 3.58. The standard InChI is InChI=1S/C15H24N2O2/c1-3-16-12(2)14-4-5-15(17-10-14)19-11-13-6-8-18-9-7-13/h4-5,10,12-13,16H,3,6-9,11H2,1-2H3. The summed E-state index contributed by atoms with van der Waals surface area (Å²) in [5.74, 6) is 1.33. The number of pyridine rings is 1. The van der Waals surface area contributed by atoms with E-state index in [0.29, 0.717) is 12.0 Å². The van der Waals surface area contributed by atoms with Gasteiger partial charge in [0.25, 0.3) is 0 Å². The van der Waals surface area contributed by atoms with E-state index < -0.39 is 0 Å². The van der Waals surface area contributed by atoms with Gasteiger partial charge >= 0.3 is 0 Å². The van der Waals surface area contributed by atoms with Crippen molar-refractivity contribution in [3.8, 4) is 5.88 Å². The predicted molar refractivity (Wildman–Crippen MR) is 75.4 cm³/mol. The predicted octanol–water partition coefficient (Wildman–Crippen LogP) is 2.56. The molecule has 0 aromatic carbocycles. The minimum atomic E-state index is 0.335. The molecule has 0 amide bonds. The highest BCUT2D eigenvalue weighted by Gasteiger charge is 2.14. The van der Waals surface area contributed by atoms with Crippen LogP contribution in [0.2, 0.25) is 0 Å². The third kappa shape index (κ3) is 4.48. The summed E-state index contributed by atoms with van der Waals surface area (Å²) in [5, 5.41) is 3.37. The van der Waals surface area contributed by atoms with Crippen molar-refractivity contribution in [3.63, 3.8) is 0 Å². The molecule has 4 heteroatoms. The Morgan fingerprint density at radius 3 is 2.84 bits per heavy atom. The number of nitrogens with one attached hydrogen (secondary N) is 1. The van der Waals surface area contributed by atoms with Gasteiger partial charge in [-0.25, -0.2) is 4.98 Å². The van der Waals surface area contributed by atoms with Crippen LogP contribution in [0.25, 0.3) is 0 Å². The molecule has 0 bridgehead atoms. The van der Waals surface area contributed by atoms with E-state index in [-0.39, 0.29) is 0 Å². The first kappa shape index (κ1) is 14.3. The molecule has 1 aromatic heterocycles. The van der Waals surface area contributed by atoms with Crippen LogP contribution in [0, 0.1) is 5.92 Å². The van der Waals surface area contributed by atoms with Gasteiger partial charge in [0.2, 0.25) is 5.88 Å². The van der Waals surface area contributed by atoms with Crippen molar-refractivity contribution < 1.29 is 9.47 Å². The summed E-state index contributed by atoms with van der Waals surface area (Å²) in [5.41, 5.74) is 1.19. The molecule has 19 heavy (non-hydrogen) atoms. The first-order valence-corrected chi connectivity index (χ1v) is 7.19. The van der Waals surface area contributed by atoms with Crippen molar-refractivity contribution in [3.05, 3.63) is 23.9 Å². The van der Waals surface area contributed by atoms with Gasteiger partial charge < -0.3 is 14.8 Å². The first-order valence-electron chi connectivity index (χ1n) is 7.19. The molecule has 1 saturated heterocycles. The molecule has 0 aliphatic carbocycles. The zero-order valence-corrected chi connectivity index (χ0v) is 11.9. The van der Waals surface area contributed by atoms with Crippen LogP contribution in [0.3, 0.4) is 0 Å². The Bertz CT molecular complexity index is 361. The van der Waals surface area contributed by atoms with Crippen LogP contribution in [-0.4, -0.2) is 31.3 Å². The largest absolute Gasteiger partial charge is 0.477 e. The maximum atomic E-state index is 5.75. The molecule has 1 atom stereocenters. The fourth-order valence-electron chi connectivity index (χ4n) is 2.27. The lowest BCUT2D eigenvalue weighted by Crippen LogP contribution is -2.21. The summed E-state index contributed by atoms with van der Waals surface area (Å²) in [7, 11) is 0. The topological polar surface area (TPSA) is 43.4 Å². The van der Waals surface area contributed by atoms with E-state index in [1.165, 1.54) is 5.56 Å². The summed E-state index contributed by atoms with van der Waals surface area (Å²) in [6.07, 6.45) is 4.08. The Morgan fingerprint density at radius 1 is 1.42 bits per heavy atom. The van der Waals surface area contributed by atoms with E-state index in [1.807, 2.05) is 12.3 Å². The van der Waals surface area contributed by atoms with Crippen LogP contribution in [0.1, 0.15) is 38.3 Å². The monoisotopic (exact) mass is 264 g/mol. The van der Waals surface area contributed by atoms with Crippen LogP contribution in [0.5, 0.6) is 5.88 Å². The number of rotatable bonds is 6. The van der Waals surface area contributed by atoms with E-state index in [2.05, 4.69) is 30.2 Å². The smallest absolute Gasteiger partial charge is 0.213 e. The summed E-state index contributed by atoms with van der Waals surface area (Å²) in [6.45, 7) is 7.68. The molecule has 1 fully saturated rings. The Labute approximate surface area is 115 Å². The van der Waals surface area contributed by atoms with Crippen molar-refractivity contribution >= 4 is 0 Å². The molecule has 106 valence electrons. The van der Waals surface area contributed by atoms with Gasteiger partial charge in [-0.3, -0.25) is 0 Å². The zero-order chi connectivity index (χ0) is 13.5. The maximum absolute atomic E-state index is 5.75. The molecule has 2 rings (SSSR count). The number of ether oxygens (including phenoxy) is 2. The minimum Gasteiger partial charge on any atom is -0.477 e. The van der Waals surface area contributed by atoms with Gasteiger partial charge in [0.15, 0.2) is 0 Å². The highest BCUT2D eigenvalue weighted by molar-refractivity contribution is 5.20. The normalized spacial score (nSPS) is 18.2. The summed E-state index contributed by atoms with van der Waals surface area (Å²) >= 11 is 0. The highest BCUT2D eigenvalue weighted by Crippen LogP contribution is 2.18. The molecule has 2 heterocycles. The van der Waals surface area contributed by atoms with Crippen molar-refractivity contribution in [2.75, 3.05) is 26.4 Å². The molecule has 1 aromatic rings. The number of hydrogen-bond acceptors (Lipinski definition) is 4. The SMILES string of the molecule is CCNC(C)c1ccc(OCC2CCOCC2)nc1. The second-order valence-electron chi connectivity index (χ2n) is 5.08. The van der Waals surface area contributed by atoms with Crippen LogP contribution >= 0.6 is 0 Å². The molecular weight excluding hydrogens is 240 g/mol. The molecule has 4 nitrogen and oxygen atoms in total. The summed E-state index contributed by atoms with van der Waals surface area (Å²) < 4.78 is 11.1. The average molecular weight is 264 g/mol. The van der Waals surface area contributed by atoms with Crippen molar-refractivity contribution in [1.29, 1.82) is 0 Å². The van der Waals surface area contributed by atoms with Crippen molar-refractivity contribution in [2.45, 2.75) is 32.7 Å². The van der Waals surface area contributed by atoms with Crippen LogP contribution in [-0.2, 0) is 4.74 Å². The molecule has 0 spiro atoms. The highest BCUT2D eigenvalue weighted by atomic mass is 16.5. The van der Waals surface area contributed by atoms with Gasteiger partial charge in [-0.2, -0.15) is 0 Å². The number of nitrogens with zero attached hydrogens (tertiary/aromatic N) is 1. The Hall–Kier alpha value is -1.13. The van der Waals surface area contributed by atoms with Crippen molar-refractivity contribution in [1.82, 2.24) is 10.3 Å². The molecule has 1 N–H and O–H groups in total. The molecule has 0 saturated carbocycles. The van der Waals surface area contributed by atoms with E-state index >= 15 is 0 Å². The summed E-state index contributed by atoms with van der Waals surface area (Å²) in [4.78, 5) is 4.37. The van der Waals surface area contributed by atoms with Crippen LogP contribution < -0.4 is 10.1 Å². The average Bonchev–Trinajstić information content (AvgIpc) is 2.47. The molecular formula is C15H24N2O2. The number of aromatic nitrogens is 1. The molecule has 1 unspecified atom stereocenters. The van der Waals surface area contributed by atoms with Gasteiger partial charge in [-0.05, 0) is 37.8 Å². The summed E-state index contributed by atoms with van der Waals surface area (Å²) in [6, 6.07) is 4.38. The lowest BCUT2D eigenvalue weighted by molar-refractivity contribution is 0.0490. The van der Waals surface area contributed by atoms with E-state index in [1.54, 1.807) is 0 Å². The van der Waals surface area contributed by atoms with E-state index in [9.17, 15) is 0 Å². The van der Waals surface area contributed by atoms with Crippen LogP contribution in [0.4, 0.5) is 0 Å². The van der Waals surface area contributed by atoms with E-state index in [4.69, 9.17) is 9.47 Å². The maximum Gasteiger partial charge on any atom is 0.213 e. The Balaban J connectivity index is 1.81.